The van der Waals surface area contributed by atoms with Crippen LogP contribution in [0.25, 0.3) is 0 Å². The number of aryl methyl sites for hydroxylation is 1. The van der Waals surface area contributed by atoms with Crippen molar-refractivity contribution in [3.05, 3.63) is 65.7 Å². The van der Waals surface area contributed by atoms with Crippen LogP contribution in [0.5, 0.6) is 0 Å². The van der Waals surface area contributed by atoms with Crippen molar-refractivity contribution in [2.24, 2.45) is 5.92 Å². The smallest absolute Gasteiger partial charge is 0.323 e. The maximum atomic E-state index is 13.1. The minimum absolute atomic E-state index is 0.0954. The first kappa shape index (κ1) is 19.6. The summed E-state index contributed by atoms with van der Waals surface area (Å²) in [6.07, 6.45) is 1.35. The van der Waals surface area contributed by atoms with E-state index in [1.54, 1.807) is 41.3 Å². The van der Waals surface area contributed by atoms with Gasteiger partial charge in [-0.1, -0.05) is 35.9 Å². The summed E-state index contributed by atoms with van der Waals surface area (Å²) in [6.45, 7) is 2.46. The average molecular weight is 380 g/mol. The first-order valence-corrected chi connectivity index (χ1v) is 9.40. The highest BCUT2D eigenvalue weighted by atomic mass is 16.4. The molecule has 2 aromatic carbocycles. The van der Waals surface area contributed by atoms with Gasteiger partial charge >= 0.3 is 5.97 Å². The van der Waals surface area contributed by atoms with E-state index in [-0.39, 0.29) is 11.8 Å². The van der Waals surface area contributed by atoms with Gasteiger partial charge < -0.3 is 14.9 Å². The molecule has 2 amide bonds. The molecule has 6 nitrogen and oxygen atoms in total. The molecule has 2 aromatic rings. The molecule has 1 saturated heterocycles. The molecular formula is C22H24N2O4. The summed E-state index contributed by atoms with van der Waals surface area (Å²) in [5.41, 5.74) is 2.23. The normalized spacial score (nSPS) is 16.5. The Bertz CT molecular complexity index is 849. The van der Waals surface area contributed by atoms with Gasteiger partial charge in [-0.05, 0) is 44.0 Å². The number of benzene rings is 2. The third-order valence-corrected chi connectivity index (χ3v) is 4.98. The molecule has 0 saturated carbocycles. The van der Waals surface area contributed by atoms with Gasteiger partial charge in [0.2, 0.25) is 5.91 Å². The number of amides is 2. The fourth-order valence-electron chi connectivity index (χ4n) is 3.50. The minimum Gasteiger partial charge on any atom is -0.480 e. The monoisotopic (exact) mass is 380 g/mol. The van der Waals surface area contributed by atoms with Gasteiger partial charge in [0.05, 0.1) is 5.92 Å². The van der Waals surface area contributed by atoms with E-state index in [0.717, 1.165) is 5.56 Å². The molecule has 28 heavy (non-hydrogen) atoms. The van der Waals surface area contributed by atoms with Crippen LogP contribution in [0, 0.1) is 12.8 Å². The lowest BCUT2D eigenvalue weighted by atomic mass is 9.95. The Morgan fingerprint density at radius 2 is 1.75 bits per heavy atom. The Kier molecular flexibility index (Phi) is 6.09. The van der Waals surface area contributed by atoms with E-state index in [1.165, 1.54) is 4.90 Å². The van der Waals surface area contributed by atoms with E-state index in [9.17, 15) is 19.5 Å². The SMILES string of the molecule is Cc1ccc(C(=O)N2CCCC(C(=O)N(CC(=O)O)c3ccccc3)C2)cc1. The van der Waals surface area contributed by atoms with E-state index in [1.807, 2.05) is 25.1 Å². The van der Waals surface area contributed by atoms with E-state index < -0.39 is 18.4 Å². The van der Waals surface area contributed by atoms with Crippen LogP contribution in [0.15, 0.2) is 54.6 Å². The quantitative estimate of drug-likeness (QED) is 0.865. The van der Waals surface area contributed by atoms with Gasteiger partial charge in [0.15, 0.2) is 0 Å². The number of hydrogen-bond acceptors (Lipinski definition) is 3. The van der Waals surface area contributed by atoms with Crippen molar-refractivity contribution in [1.82, 2.24) is 4.90 Å². The summed E-state index contributed by atoms with van der Waals surface area (Å²) in [5.74, 6) is -1.83. The lowest BCUT2D eigenvalue weighted by Crippen LogP contribution is -2.48. The molecule has 1 unspecified atom stereocenters. The Morgan fingerprint density at radius 3 is 2.39 bits per heavy atom. The summed E-state index contributed by atoms with van der Waals surface area (Å²) in [5, 5.41) is 9.25. The molecule has 6 heteroatoms. The van der Waals surface area contributed by atoms with E-state index in [0.29, 0.717) is 37.2 Å². The molecule has 3 rings (SSSR count). The van der Waals surface area contributed by atoms with Crippen LogP contribution in [0.3, 0.4) is 0 Å². The highest BCUT2D eigenvalue weighted by Crippen LogP contribution is 2.24. The third-order valence-electron chi connectivity index (χ3n) is 4.98. The molecule has 1 fully saturated rings. The van der Waals surface area contributed by atoms with Crippen molar-refractivity contribution < 1.29 is 19.5 Å². The van der Waals surface area contributed by atoms with Crippen LogP contribution >= 0.6 is 0 Å². The number of piperidine rings is 1. The number of carboxylic acid groups (broad SMARTS) is 1. The molecule has 0 aromatic heterocycles. The molecule has 0 radical (unpaired) electrons. The first-order chi connectivity index (χ1) is 13.5. The van der Waals surface area contributed by atoms with Gasteiger partial charge in [-0.2, -0.15) is 0 Å². The summed E-state index contributed by atoms with van der Waals surface area (Å²) >= 11 is 0. The topological polar surface area (TPSA) is 77.9 Å². The molecule has 0 bridgehead atoms. The van der Waals surface area contributed by atoms with Crippen LogP contribution in [0.4, 0.5) is 5.69 Å². The zero-order valence-electron chi connectivity index (χ0n) is 15.9. The lowest BCUT2D eigenvalue weighted by Gasteiger charge is -2.34. The summed E-state index contributed by atoms with van der Waals surface area (Å²) < 4.78 is 0. The number of carbonyl (C=O) groups excluding carboxylic acids is 2. The first-order valence-electron chi connectivity index (χ1n) is 9.40. The zero-order chi connectivity index (χ0) is 20.1. The number of para-hydroxylation sites is 1. The zero-order valence-corrected chi connectivity index (χ0v) is 15.9. The number of hydrogen-bond donors (Lipinski definition) is 1. The van der Waals surface area contributed by atoms with E-state index in [4.69, 9.17) is 0 Å². The van der Waals surface area contributed by atoms with Gasteiger partial charge in [-0.3, -0.25) is 14.4 Å². The minimum atomic E-state index is -1.07. The van der Waals surface area contributed by atoms with E-state index in [2.05, 4.69) is 0 Å². The fourth-order valence-corrected chi connectivity index (χ4v) is 3.50. The van der Waals surface area contributed by atoms with Crippen LogP contribution in [-0.4, -0.2) is 47.4 Å². The van der Waals surface area contributed by atoms with Gasteiger partial charge in [0.1, 0.15) is 6.54 Å². The molecule has 0 aliphatic carbocycles. The molecule has 1 aliphatic heterocycles. The Morgan fingerprint density at radius 1 is 1.07 bits per heavy atom. The number of carboxylic acids is 1. The van der Waals surface area contributed by atoms with Crippen molar-refractivity contribution in [2.75, 3.05) is 24.5 Å². The number of carbonyl (C=O) groups is 3. The molecule has 1 N–H and O–H groups in total. The van der Waals surface area contributed by atoms with Crippen LogP contribution in [-0.2, 0) is 9.59 Å². The number of rotatable bonds is 5. The van der Waals surface area contributed by atoms with Gasteiger partial charge in [0.25, 0.3) is 5.91 Å². The molecular weight excluding hydrogens is 356 g/mol. The number of nitrogens with zero attached hydrogens (tertiary/aromatic N) is 2. The third kappa shape index (κ3) is 4.57. The maximum Gasteiger partial charge on any atom is 0.323 e. The Balaban J connectivity index is 1.76. The molecule has 1 heterocycles. The van der Waals surface area contributed by atoms with Crippen molar-refractivity contribution in [1.29, 1.82) is 0 Å². The second-order valence-electron chi connectivity index (χ2n) is 7.11. The Labute approximate surface area is 164 Å². The summed E-state index contributed by atoms with van der Waals surface area (Å²) in [4.78, 5) is 40.2. The van der Waals surface area contributed by atoms with E-state index >= 15 is 0 Å². The van der Waals surface area contributed by atoms with Crippen molar-refractivity contribution in [3.8, 4) is 0 Å². The number of aliphatic carboxylic acids is 1. The van der Waals surface area contributed by atoms with Gasteiger partial charge in [-0.15, -0.1) is 0 Å². The van der Waals surface area contributed by atoms with Crippen LogP contribution in [0.1, 0.15) is 28.8 Å². The highest BCUT2D eigenvalue weighted by Gasteiger charge is 2.32. The fraction of sp³-hybridized carbons (Fsp3) is 0.318. The standard InChI is InChI=1S/C22H24N2O4/c1-16-9-11-17(12-10-16)21(27)23-13-5-6-18(14-23)22(28)24(15-20(25)26)19-7-3-2-4-8-19/h2-4,7-12,18H,5-6,13-15H2,1H3,(H,25,26). The Hall–Kier alpha value is -3.15. The molecule has 1 aliphatic rings. The largest absolute Gasteiger partial charge is 0.480 e. The predicted octanol–water partition coefficient (Wildman–Crippen LogP) is 2.97. The average Bonchev–Trinajstić information content (AvgIpc) is 2.72. The lowest BCUT2D eigenvalue weighted by molar-refractivity contribution is -0.137. The van der Waals surface area contributed by atoms with Crippen LogP contribution < -0.4 is 4.90 Å². The molecule has 0 spiro atoms. The van der Waals surface area contributed by atoms with Crippen molar-refractivity contribution in [2.45, 2.75) is 19.8 Å². The van der Waals surface area contributed by atoms with Gasteiger partial charge in [-0.25, -0.2) is 0 Å². The second-order valence-corrected chi connectivity index (χ2v) is 7.11. The molecule has 1 atom stereocenters. The van der Waals surface area contributed by atoms with Crippen LogP contribution in [0.2, 0.25) is 0 Å². The second kappa shape index (κ2) is 8.69. The number of likely N-dealkylation sites (tertiary alicyclic amines) is 1. The number of anilines is 1. The summed E-state index contributed by atoms with van der Waals surface area (Å²) in [7, 11) is 0. The molecule has 146 valence electrons. The highest BCUT2D eigenvalue weighted by molar-refractivity contribution is 6.00. The maximum absolute atomic E-state index is 13.1. The summed E-state index contributed by atoms with van der Waals surface area (Å²) in [6, 6.07) is 16.2. The van der Waals surface area contributed by atoms with Crippen molar-refractivity contribution >= 4 is 23.5 Å². The predicted molar refractivity (Wildman–Crippen MR) is 106 cm³/mol. The van der Waals surface area contributed by atoms with Crippen molar-refractivity contribution in [3.63, 3.8) is 0 Å². The van der Waals surface area contributed by atoms with Gasteiger partial charge in [0, 0.05) is 24.3 Å².